The Morgan fingerprint density at radius 2 is 1.87 bits per heavy atom. The maximum absolute atomic E-state index is 13.1. The van der Waals surface area contributed by atoms with Gasteiger partial charge in [-0.2, -0.15) is 4.98 Å². The SMILES string of the molecule is O=C(N[C@H]1CC=CC[C@@H]2CC[C@@H](C(=O)O)N2C1=O)c1ccnc(Oc2ccccc2)n1. The van der Waals surface area contributed by atoms with Gasteiger partial charge in [0.2, 0.25) is 5.91 Å². The summed E-state index contributed by atoms with van der Waals surface area (Å²) in [6.45, 7) is 0. The zero-order chi connectivity index (χ0) is 21.8. The van der Waals surface area contributed by atoms with Crippen molar-refractivity contribution in [3.8, 4) is 11.8 Å². The molecular formula is C22H22N4O5. The molecule has 9 nitrogen and oxygen atoms in total. The average molecular weight is 422 g/mol. The first-order valence-corrected chi connectivity index (χ1v) is 10.1. The van der Waals surface area contributed by atoms with Gasteiger partial charge in [0.15, 0.2) is 0 Å². The second-order valence-electron chi connectivity index (χ2n) is 7.44. The van der Waals surface area contributed by atoms with E-state index in [9.17, 15) is 19.5 Å². The molecule has 0 bridgehead atoms. The highest BCUT2D eigenvalue weighted by Gasteiger charge is 2.43. The summed E-state index contributed by atoms with van der Waals surface area (Å²) in [5.41, 5.74) is 0.0486. The molecule has 2 amide bonds. The van der Waals surface area contributed by atoms with Crippen molar-refractivity contribution < 1.29 is 24.2 Å². The van der Waals surface area contributed by atoms with Crippen molar-refractivity contribution in [2.24, 2.45) is 0 Å². The number of carbonyl (C=O) groups is 3. The standard InChI is InChI=1S/C22H22N4O5/c27-19(16-12-13-23-22(25-16)31-15-7-2-1-3-8-15)24-17-9-5-4-6-14-10-11-18(21(29)30)26(14)20(17)28/h1-5,7-8,12-14,17-18H,6,9-11H2,(H,24,27)(H,29,30)/t14-,17+,18+/m1/s1. The highest BCUT2D eigenvalue weighted by atomic mass is 16.5. The number of ether oxygens (including phenoxy) is 1. The molecule has 2 aromatic rings. The van der Waals surface area contributed by atoms with Crippen molar-refractivity contribution in [3.05, 3.63) is 60.4 Å². The highest BCUT2D eigenvalue weighted by Crippen LogP contribution is 2.29. The predicted octanol–water partition coefficient (Wildman–Crippen LogP) is 2.16. The number of hydrogen-bond donors (Lipinski definition) is 2. The number of aromatic nitrogens is 2. The number of hydrogen-bond acceptors (Lipinski definition) is 6. The Balaban J connectivity index is 1.50. The Bertz CT molecular complexity index is 1010. The van der Waals surface area contributed by atoms with Gasteiger partial charge in [-0.25, -0.2) is 9.78 Å². The van der Waals surface area contributed by atoms with Gasteiger partial charge >= 0.3 is 12.0 Å². The van der Waals surface area contributed by atoms with Gasteiger partial charge in [0.1, 0.15) is 23.5 Å². The quantitative estimate of drug-likeness (QED) is 0.708. The molecule has 0 saturated carbocycles. The van der Waals surface area contributed by atoms with Crippen molar-refractivity contribution in [1.82, 2.24) is 20.2 Å². The number of para-hydroxylation sites is 1. The first kappa shape index (κ1) is 20.5. The van der Waals surface area contributed by atoms with Gasteiger partial charge in [0, 0.05) is 12.2 Å². The van der Waals surface area contributed by atoms with Crippen LogP contribution in [-0.4, -0.2) is 55.9 Å². The Labute approximate surface area is 178 Å². The number of aliphatic carboxylic acids is 1. The molecule has 1 saturated heterocycles. The van der Waals surface area contributed by atoms with Crippen LogP contribution >= 0.6 is 0 Å². The lowest BCUT2D eigenvalue weighted by molar-refractivity contribution is -0.150. The van der Waals surface area contributed by atoms with Crippen molar-refractivity contribution in [2.75, 3.05) is 0 Å². The molecule has 0 radical (unpaired) electrons. The lowest BCUT2D eigenvalue weighted by Gasteiger charge is -2.32. The molecule has 2 aliphatic heterocycles. The lowest BCUT2D eigenvalue weighted by atomic mass is 10.0. The van der Waals surface area contributed by atoms with Crippen LogP contribution in [0.2, 0.25) is 0 Å². The van der Waals surface area contributed by atoms with E-state index in [4.69, 9.17) is 4.74 Å². The molecule has 160 valence electrons. The van der Waals surface area contributed by atoms with E-state index in [2.05, 4.69) is 15.3 Å². The molecule has 0 unspecified atom stereocenters. The average Bonchev–Trinajstić information content (AvgIpc) is 3.19. The Morgan fingerprint density at radius 1 is 1.10 bits per heavy atom. The van der Waals surface area contributed by atoms with Gasteiger partial charge in [0.25, 0.3) is 5.91 Å². The van der Waals surface area contributed by atoms with E-state index in [1.807, 2.05) is 18.2 Å². The lowest BCUT2D eigenvalue weighted by Crippen LogP contribution is -2.54. The summed E-state index contributed by atoms with van der Waals surface area (Å²) in [5.74, 6) is -1.44. The second kappa shape index (κ2) is 8.95. The molecule has 31 heavy (non-hydrogen) atoms. The number of carbonyl (C=O) groups excluding carboxylic acids is 2. The van der Waals surface area contributed by atoms with Crippen LogP contribution in [-0.2, 0) is 9.59 Å². The van der Waals surface area contributed by atoms with Gasteiger partial charge < -0.3 is 20.1 Å². The fraction of sp³-hybridized carbons (Fsp3) is 0.318. The molecule has 1 aromatic carbocycles. The van der Waals surface area contributed by atoms with Crippen molar-refractivity contribution in [2.45, 2.75) is 43.8 Å². The number of nitrogens with zero attached hydrogens (tertiary/aromatic N) is 3. The summed E-state index contributed by atoms with van der Waals surface area (Å²) < 4.78 is 5.56. The number of benzene rings is 1. The van der Waals surface area contributed by atoms with E-state index < -0.39 is 24.0 Å². The van der Waals surface area contributed by atoms with Crippen LogP contribution in [0.5, 0.6) is 11.8 Å². The number of amides is 2. The maximum atomic E-state index is 13.1. The normalized spacial score (nSPS) is 22.9. The van der Waals surface area contributed by atoms with E-state index in [-0.39, 0.29) is 30.1 Å². The largest absolute Gasteiger partial charge is 0.480 e. The molecular weight excluding hydrogens is 400 g/mol. The smallest absolute Gasteiger partial charge is 0.326 e. The molecule has 4 rings (SSSR count). The zero-order valence-corrected chi connectivity index (χ0v) is 16.7. The Kier molecular flexibility index (Phi) is 5.92. The molecule has 9 heteroatoms. The summed E-state index contributed by atoms with van der Waals surface area (Å²) in [7, 11) is 0. The second-order valence-corrected chi connectivity index (χ2v) is 7.44. The molecule has 3 heterocycles. The fourth-order valence-electron chi connectivity index (χ4n) is 3.92. The summed E-state index contributed by atoms with van der Waals surface area (Å²) >= 11 is 0. The van der Waals surface area contributed by atoms with Crippen molar-refractivity contribution >= 4 is 17.8 Å². The van der Waals surface area contributed by atoms with Crippen LogP contribution in [0.4, 0.5) is 0 Å². The Morgan fingerprint density at radius 3 is 2.65 bits per heavy atom. The first-order valence-electron chi connectivity index (χ1n) is 10.1. The minimum atomic E-state index is -1.02. The van der Waals surface area contributed by atoms with Crippen molar-refractivity contribution in [1.29, 1.82) is 0 Å². The summed E-state index contributed by atoms with van der Waals surface area (Å²) in [5, 5.41) is 12.2. The predicted molar refractivity (Wildman–Crippen MR) is 109 cm³/mol. The third-order valence-corrected chi connectivity index (χ3v) is 5.41. The summed E-state index contributed by atoms with van der Waals surface area (Å²) in [6.07, 6.45) is 7.10. The molecule has 2 aliphatic rings. The summed E-state index contributed by atoms with van der Waals surface area (Å²) in [6, 6.07) is 8.44. The topological polar surface area (TPSA) is 122 Å². The van der Waals surface area contributed by atoms with Crippen LogP contribution < -0.4 is 10.1 Å². The molecule has 2 N–H and O–H groups in total. The van der Waals surface area contributed by atoms with E-state index >= 15 is 0 Å². The monoisotopic (exact) mass is 422 g/mol. The van der Waals surface area contributed by atoms with Gasteiger partial charge in [-0.15, -0.1) is 0 Å². The number of carboxylic acid groups (broad SMARTS) is 1. The van der Waals surface area contributed by atoms with E-state index in [0.717, 1.165) is 0 Å². The third-order valence-electron chi connectivity index (χ3n) is 5.41. The third kappa shape index (κ3) is 4.55. The summed E-state index contributed by atoms with van der Waals surface area (Å²) in [4.78, 5) is 47.1. The minimum Gasteiger partial charge on any atom is -0.480 e. The number of fused-ring (bicyclic) bond motifs is 1. The fourth-order valence-corrected chi connectivity index (χ4v) is 3.92. The number of nitrogens with one attached hydrogen (secondary N) is 1. The zero-order valence-electron chi connectivity index (χ0n) is 16.7. The number of rotatable bonds is 5. The van der Waals surface area contributed by atoms with Gasteiger partial charge in [-0.05, 0) is 43.9 Å². The molecule has 0 aliphatic carbocycles. The van der Waals surface area contributed by atoms with Crippen LogP contribution in [0.15, 0.2) is 54.7 Å². The van der Waals surface area contributed by atoms with Crippen LogP contribution in [0, 0.1) is 0 Å². The van der Waals surface area contributed by atoms with Crippen molar-refractivity contribution in [3.63, 3.8) is 0 Å². The van der Waals surface area contributed by atoms with E-state index in [0.29, 0.717) is 25.0 Å². The Hall–Kier alpha value is -3.75. The minimum absolute atomic E-state index is 0.00767. The van der Waals surface area contributed by atoms with Gasteiger partial charge in [0.05, 0.1) is 0 Å². The van der Waals surface area contributed by atoms with E-state index in [1.165, 1.54) is 17.2 Å². The molecule has 3 atom stereocenters. The molecule has 0 spiro atoms. The van der Waals surface area contributed by atoms with Crippen LogP contribution in [0.1, 0.15) is 36.2 Å². The molecule has 1 fully saturated rings. The van der Waals surface area contributed by atoms with Crippen LogP contribution in [0.25, 0.3) is 0 Å². The molecule has 1 aromatic heterocycles. The number of carboxylic acids is 1. The maximum Gasteiger partial charge on any atom is 0.326 e. The first-order chi connectivity index (χ1) is 15.0. The highest BCUT2D eigenvalue weighted by molar-refractivity contribution is 5.97. The van der Waals surface area contributed by atoms with E-state index in [1.54, 1.807) is 24.3 Å². The van der Waals surface area contributed by atoms with Crippen LogP contribution in [0.3, 0.4) is 0 Å². The van der Waals surface area contributed by atoms with Gasteiger partial charge in [-0.1, -0.05) is 30.4 Å². The van der Waals surface area contributed by atoms with Gasteiger partial charge in [-0.3, -0.25) is 9.59 Å².